The molecule has 10 heteroatoms. The Kier molecular flexibility index (Phi) is 6.65. The molecule has 1 aliphatic carbocycles. The summed E-state index contributed by atoms with van der Waals surface area (Å²) in [6.45, 7) is 2.12. The molecule has 3 aliphatic rings. The molecule has 0 N–H and O–H groups in total. The van der Waals surface area contributed by atoms with Crippen LogP contribution in [0.5, 0.6) is 0 Å². The van der Waals surface area contributed by atoms with Gasteiger partial charge in [-0.2, -0.15) is 12.9 Å². The lowest BCUT2D eigenvalue weighted by Crippen LogP contribution is -2.42. The minimum absolute atomic E-state index is 0.0114. The summed E-state index contributed by atoms with van der Waals surface area (Å²) in [7, 11) is -0.0489. The molecule has 2 aromatic rings. The number of carbonyl (C=O) groups excluding carboxylic acids is 1. The average molecular weight is 521 g/mol. The van der Waals surface area contributed by atoms with Gasteiger partial charge in [0.25, 0.3) is 16.2 Å². The van der Waals surface area contributed by atoms with Gasteiger partial charge in [0.05, 0.1) is 29.4 Å². The standard InChI is InChI=1S/C25H30ClFN4O3S/c1-29(2)23-15-25(23)10-11-31(17-25)35(27,33)28-19-8-9-20(21(26)14-19)24(32)30-12-13-34-22(16-30)18-6-4-3-5-7-18/h3-9,14,22-23H,10-13,15-17H2,1-2H3/t22-,23?,25+,35?/m1/s1. The third kappa shape index (κ3) is 4.97. The molecule has 35 heavy (non-hydrogen) atoms. The summed E-state index contributed by atoms with van der Waals surface area (Å²) in [6.07, 6.45) is 1.59. The van der Waals surface area contributed by atoms with Gasteiger partial charge in [0.1, 0.15) is 6.10 Å². The largest absolute Gasteiger partial charge is 0.370 e. The summed E-state index contributed by atoms with van der Waals surface area (Å²) >= 11 is 6.42. The van der Waals surface area contributed by atoms with Gasteiger partial charge in [0, 0.05) is 31.1 Å². The van der Waals surface area contributed by atoms with Crippen molar-refractivity contribution in [1.29, 1.82) is 0 Å². The Morgan fingerprint density at radius 3 is 2.69 bits per heavy atom. The number of hydrogen-bond donors (Lipinski definition) is 0. The first kappa shape index (κ1) is 24.6. The Balaban J connectivity index is 1.29. The molecular weight excluding hydrogens is 491 g/mol. The molecule has 0 radical (unpaired) electrons. The zero-order valence-electron chi connectivity index (χ0n) is 19.9. The Bertz CT molecular complexity index is 1240. The third-order valence-electron chi connectivity index (χ3n) is 7.36. The summed E-state index contributed by atoms with van der Waals surface area (Å²) < 4.78 is 39.2. The zero-order chi connectivity index (χ0) is 24.8. The van der Waals surface area contributed by atoms with Crippen LogP contribution in [0.4, 0.5) is 9.57 Å². The van der Waals surface area contributed by atoms with E-state index in [9.17, 15) is 9.00 Å². The Hall–Kier alpha value is -2.04. The van der Waals surface area contributed by atoms with Gasteiger partial charge in [-0.05, 0) is 50.7 Å². The highest BCUT2D eigenvalue weighted by Crippen LogP contribution is 2.55. The van der Waals surface area contributed by atoms with Crippen molar-refractivity contribution < 1.29 is 17.6 Å². The van der Waals surface area contributed by atoms with Crippen molar-refractivity contribution in [2.24, 2.45) is 9.78 Å². The van der Waals surface area contributed by atoms with Crippen molar-refractivity contribution in [3.05, 3.63) is 64.7 Å². The fourth-order valence-electron chi connectivity index (χ4n) is 5.34. The molecule has 2 aromatic carbocycles. The molecule has 5 rings (SSSR count). The number of ether oxygens (including phenoxy) is 1. The molecule has 4 atom stereocenters. The predicted molar refractivity (Wildman–Crippen MR) is 135 cm³/mol. The first-order valence-electron chi connectivity index (χ1n) is 11.8. The molecule has 0 aromatic heterocycles. The second-order valence-corrected chi connectivity index (χ2v) is 11.8. The van der Waals surface area contributed by atoms with E-state index >= 15 is 3.89 Å². The van der Waals surface area contributed by atoms with Crippen LogP contribution in [-0.4, -0.2) is 77.1 Å². The molecule has 3 fully saturated rings. The zero-order valence-corrected chi connectivity index (χ0v) is 21.5. The van der Waals surface area contributed by atoms with Gasteiger partial charge in [-0.25, -0.2) is 0 Å². The highest BCUT2D eigenvalue weighted by molar-refractivity contribution is 7.86. The number of nitrogens with zero attached hydrogens (tertiary/aromatic N) is 4. The smallest absolute Gasteiger partial charge is 0.275 e. The van der Waals surface area contributed by atoms with Gasteiger partial charge >= 0.3 is 0 Å². The van der Waals surface area contributed by atoms with E-state index in [-0.39, 0.29) is 28.1 Å². The molecule has 0 bridgehead atoms. The average Bonchev–Trinajstić information content (AvgIpc) is 3.38. The molecule has 2 unspecified atom stereocenters. The summed E-state index contributed by atoms with van der Waals surface area (Å²) in [5.41, 5.74) is 1.48. The van der Waals surface area contributed by atoms with Crippen LogP contribution in [-0.2, 0) is 15.0 Å². The van der Waals surface area contributed by atoms with Crippen LogP contribution in [0.25, 0.3) is 0 Å². The number of benzene rings is 2. The van der Waals surface area contributed by atoms with Crippen molar-refractivity contribution in [2.45, 2.75) is 25.0 Å². The van der Waals surface area contributed by atoms with Crippen LogP contribution >= 0.6 is 11.6 Å². The fourth-order valence-corrected chi connectivity index (χ4v) is 6.82. The Labute approximate surface area is 211 Å². The second-order valence-electron chi connectivity index (χ2n) is 9.87. The third-order valence-corrected chi connectivity index (χ3v) is 9.06. The lowest BCUT2D eigenvalue weighted by molar-refractivity contribution is -0.0228. The van der Waals surface area contributed by atoms with E-state index in [0.29, 0.717) is 44.4 Å². The highest BCUT2D eigenvalue weighted by Gasteiger charge is 2.59. The molecule has 2 saturated heterocycles. The Morgan fingerprint density at radius 2 is 2.00 bits per heavy atom. The van der Waals surface area contributed by atoms with Crippen molar-refractivity contribution in [2.75, 3.05) is 46.9 Å². The van der Waals surface area contributed by atoms with Crippen molar-refractivity contribution in [3.8, 4) is 0 Å². The minimum atomic E-state index is -4.08. The quantitative estimate of drug-likeness (QED) is 0.545. The minimum Gasteiger partial charge on any atom is -0.370 e. The van der Waals surface area contributed by atoms with Gasteiger partial charge in [0.2, 0.25) is 0 Å². The van der Waals surface area contributed by atoms with Crippen molar-refractivity contribution in [1.82, 2.24) is 14.1 Å². The summed E-state index contributed by atoms with van der Waals surface area (Å²) in [6, 6.07) is 14.6. The number of amides is 1. The maximum absolute atomic E-state index is 15.2. The number of morpholine rings is 1. The first-order chi connectivity index (χ1) is 16.7. The van der Waals surface area contributed by atoms with E-state index in [4.69, 9.17) is 16.3 Å². The predicted octanol–water partition coefficient (Wildman–Crippen LogP) is 4.48. The van der Waals surface area contributed by atoms with Gasteiger partial charge in [-0.3, -0.25) is 4.79 Å². The van der Waals surface area contributed by atoms with E-state index in [1.807, 2.05) is 44.4 Å². The molecule has 1 amide bonds. The number of halogens is 2. The molecular formula is C25H30ClFN4O3S. The SMILES string of the molecule is CN(C)C1C[C@]12CCN(S(=O)(F)=Nc1ccc(C(=O)N3CCO[C@@H](c4ccccc4)C3)c(Cl)c1)C2. The maximum atomic E-state index is 15.2. The highest BCUT2D eigenvalue weighted by atomic mass is 35.5. The summed E-state index contributed by atoms with van der Waals surface area (Å²) in [4.78, 5) is 17.0. The number of hydrogen-bond acceptors (Lipinski definition) is 5. The van der Waals surface area contributed by atoms with Crippen molar-refractivity contribution >= 4 is 33.5 Å². The van der Waals surface area contributed by atoms with Gasteiger partial charge in [-0.15, -0.1) is 3.89 Å². The lowest BCUT2D eigenvalue weighted by Gasteiger charge is -2.33. The normalized spacial score (nSPS) is 28.3. The van der Waals surface area contributed by atoms with Crippen LogP contribution in [0.2, 0.25) is 5.02 Å². The van der Waals surface area contributed by atoms with Crippen molar-refractivity contribution in [3.63, 3.8) is 0 Å². The van der Waals surface area contributed by atoms with Gasteiger partial charge in [-0.1, -0.05) is 41.9 Å². The molecule has 2 heterocycles. The monoisotopic (exact) mass is 520 g/mol. The van der Waals surface area contributed by atoms with Gasteiger partial charge < -0.3 is 14.5 Å². The van der Waals surface area contributed by atoms with E-state index in [2.05, 4.69) is 9.26 Å². The van der Waals surface area contributed by atoms with Crippen LogP contribution in [0.15, 0.2) is 52.9 Å². The van der Waals surface area contributed by atoms with E-state index in [1.54, 1.807) is 4.90 Å². The molecule has 2 aliphatic heterocycles. The van der Waals surface area contributed by atoms with E-state index in [1.165, 1.54) is 22.5 Å². The number of rotatable bonds is 5. The summed E-state index contributed by atoms with van der Waals surface area (Å²) in [5, 5.41) is 0.155. The number of carbonyl (C=O) groups is 1. The van der Waals surface area contributed by atoms with Crippen LogP contribution in [0.1, 0.15) is 34.9 Å². The van der Waals surface area contributed by atoms with E-state index < -0.39 is 10.3 Å². The van der Waals surface area contributed by atoms with Gasteiger partial charge in [0.15, 0.2) is 0 Å². The Morgan fingerprint density at radius 1 is 1.23 bits per heavy atom. The molecule has 188 valence electrons. The fraction of sp³-hybridized carbons (Fsp3) is 0.480. The topological polar surface area (TPSA) is 65.5 Å². The van der Waals surface area contributed by atoms with Crippen LogP contribution in [0.3, 0.4) is 0 Å². The maximum Gasteiger partial charge on any atom is 0.275 e. The molecule has 1 spiro atoms. The molecule has 1 saturated carbocycles. The second kappa shape index (κ2) is 9.44. The van der Waals surface area contributed by atoms with Crippen LogP contribution < -0.4 is 0 Å². The van der Waals surface area contributed by atoms with Crippen LogP contribution in [0, 0.1) is 5.41 Å². The first-order valence-corrected chi connectivity index (χ1v) is 13.6. The lowest BCUT2D eigenvalue weighted by atomic mass is 10.1. The van der Waals surface area contributed by atoms with E-state index in [0.717, 1.165) is 18.4 Å². The molecule has 7 nitrogen and oxygen atoms in total. The summed E-state index contributed by atoms with van der Waals surface area (Å²) in [5.74, 6) is -0.225.